The van der Waals surface area contributed by atoms with Gasteiger partial charge in [-0.15, -0.1) is 0 Å². The second-order valence-corrected chi connectivity index (χ2v) is 7.98. The molecule has 7 nitrogen and oxygen atoms in total. The highest BCUT2D eigenvalue weighted by atomic mass is 31.2. The van der Waals surface area contributed by atoms with Crippen LogP contribution >= 0.6 is 7.37 Å². The summed E-state index contributed by atoms with van der Waals surface area (Å²) >= 11 is 0. The predicted octanol–water partition coefficient (Wildman–Crippen LogP) is 2.83. The van der Waals surface area contributed by atoms with E-state index in [9.17, 15) is 19.0 Å². The Labute approximate surface area is 141 Å². The van der Waals surface area contributed by atoms with Crippen molar-refractivity contribution in [2.24, 2.45) is 0 Å². The number of carboxylic acids is 1. The molecule has 0 heterocycles. The number of rotatable bonds is 11. The fourth-order valence-corrected chi connectivity index (χ4v) is 3.39. The second-order valence-electron chi connectivity index (χ2n) is 5.52. The van der Waals surface area contributed by atoms with Crippen molar-refractivity contribution in [1.29, 1.82) is 0 Å². The van der Waals surface area contributed by atoms with E-state index in [4.69, 9.17) is 9.84 Å². The van der Waals surface area contributed by atoms with Crippen LogP contribution in [0, 0.1) is 0 Å². The molecular weight excluding hydrogens is 333 g/mol. The third-order valence-corrected chi connectivity index (χ3v) is 5.08. The molecule has 1 unspecified atom stereocenters. The van der Waals surface area contributed by atoms with Crippen molar-refractivity contribution < 1.29 is 28.9 Å². The lowest BCUT2D eigenvalue weighted by Gasteiger charge is -2.09. The van der Waals surface area contributed by atoms with Crippen LogP contribution < -0.4 is 5.32 Å². The maximum Gasteiger partial charge on any atom is 0.407 e. The minimum absolute atomic E-state index is 0.0197. The summed E-state index contributed by atoms with van der Waals surface area (Å²) in [6.07, 6.45) is 1.60. The van der Waals surface area contributed by atoms with Crippen molar-refractivity contribution in [3.05, 3.63) is 35.9 Å². The van der Waals surface area contributed by atoms with Gasteiger partial charge in [-0.05, 0) is 18.4 Å². The maximum atomic E-state index is 11.5. The first-order valence-corrected chi connectivity index (χ1v) is 9.89. The Morgan fingerprint density at radius 2 is 1.75 bits per heavy atom. The number of unbranched alkanes of at least 4 members (excludes halogenated alkanes) is 3. The quantitative estimate of drug-likeness (QED) is 0.415. The van der Waals surface area contributed by atoms with E-state index in [0.29, 0.717) is 19.4 Å². The summed E-state index contributed by atoms with van der Waals surface area (Å²) in [5.41, 5.74) is 0.919. The van der Waals surface area contributed by atoms with Gasteiger partial charge in [0, 0.05) is 12.7 Å². The summed E-state index contributed by atoms with van der Waals surface area (Å²) in [7, 11) is -3.55. The minimum Gasteiger partial charge on any atom is -0.481 e. The molecule has 24 heavy (non-hydrogen) atoms. The number of benzene rings is 1. The largest absolute Gasteiger partial charge is 0.481 e. The normalized spacial score (nSPS) is 13.0. The first-order valence-electron chi connectivity index (χ1n) is 7.86. The summed E-state index contributed by atoms with van der Waals surface area (Å²) in [6, 6.07) is 9.38. The van der Waals surface area contributed by atoms with Crippen molar-refractivity contribution >= 4 is 19.4 Å². The van der Waals surface area contributed by atoms with Crippen molar-refractivity contribution in [3.8, 4) is 0 Å². The van der Waals surface area contributed by atoms with E-state index in [1.165, 1.54) is 0 Å². The van der Waals surface area contributed by atoms with E-state index >= 15 is 0 Å². The lowest BCUT2D eigenvalue weighted by molar-refractivity contribution is -0.134. The number of nitrogens with one attached hydrogen (secondary N) is 1. The maximum absolute atomic E-state index is 11.5. The summed E-state index contributed by atoms with van der Waals surface area (Å²) in [5, 5.41) is 11.1. The van der Waals surface area contributed by atoms with Crippen LogP contribution in [0.3, 0.4) is 0 Å². The smallest absolute Gasteiger partial charge is 0.407 e. The fourth-order valence-electron chi connectivity index (χ4n) is 2.09. The van der Waals surface area contributed by atoms with Gasteiger partial charge in [-0.1, -0.05) is 43.2 Å². The molecule has 0 spiro atoms. The molecule has 134 valence electrons. The Morgan fingerprint density at radius 3 is 2.42 bits per heavy atom. The Hall–Kier alpha value is -1.85. The summed E-state index contributed by atoms with van der Waals surface area (Å²) < 4.78 is 16.6. The highest BCUT2D eigenvalue weighted by molar-refractivity contribution is 7.58. The number of aliphatic carboxylic acids is 1. The zero-order chi connectivity index (χ0) is 17.8. The van der Waals surface area contributed by atoms with Crippen LogP contribution in [-0.4, -0.2) is 40.9 Å². The number of carbonyl (C=O) groups is 2. The van der Waals surface area contributed by atoms with Crippen LogP contribution in [0.2, 0.25) is 0 Å². The van der Waals surface area contributed by atoms with Crippen molar-refractivity contribution in [1.82, 2.24) is 5.32 Å². The molecule has 8 heteroatoms. The molecule has 3 N–H and O–H groups in total. The zero-order valence-corrected chi connectivity index (χ0v) is 14.4. The Morgan fingerprint density at radius 1 is 1.08 bits per heavy atom. The van der Waals surface area contributed by atoms with Gasteiger partial charge in [-0.3, -0.25) is 9.36 Å². The van der Waals surface area contributed by atoms with E-state index in [2.05, 4.69) is 5.32 Å². The van der Waals surface area contributed by atoms with Crippen LogP contribution in [0.4, 0.5) is 4.79 Å². The SMILES string of the molecule is O=C(O)CP(=O)(O)CCCCCCNC(=O)OCc1ccccc1. The predicted molar refractivity (Wildman–Crippen MR) is 90.3 cm³/mol. The summed E-state index contributed by atoms with van der Waals surface area (Å²) in [6.45, 7) is 0.696. The van der Waals surface area contributed by atoms with E-state index in [-0.39, 0.29) is 12.8 Å². The van der Waals surface area contributed by atoms with E-state index in [1.54, 1.807) is 0 Å². The minimum atomic E-state index is -3.55. The molecule has 1 rings (SSSR count). The molecule has 1 aromatic rings. The Balaban J connectivity index is 2.01. The van der Waals surface area contributed by atoms with Crippen LogP contribution in [0.5, 0.6) is 0 Å². The van der Waals surface area contributed by atoms with Crippen LogP contribution in [0.15, 0.2) is 30.3 Å². The average Bonchev–Trinajstić information content (AvgIpc) is 2.51. The molecule has 0 aromatic heterocycles. The van der Waals surface area contributed by atoms with Gasteiger partial charge in [0.25, 0.3) is 0 Å². The van der Waals surface area contributed by atoms with Crippen molar-refractivity contribution in [2.75, 3.05) is 18.9 Å². The van der Waals surface area contributed by atoms with Gasteiger partial charge >= 0.3 is 12.1 Å². The number of hydrogen-bond acceptors (Lipinski definition) is 4. The van der Waals surface area contributed by atoms with Gasteiger partial charge in [0.15, 0.2) is 0 Å². The van der Waals surface area contributed by atoms with Gasteiger partial charge < -0.3 is 20.1 Å². The molecule has 1 aromatic carbocycles. The monoisotopic (exact) mass is 357 g/mol. The lowest BCUT2D eigenvalue weighted by Crippen LogP contribution is -2.25. The van der Waals surface area contributed by atoms with E-state index < -0.39 is 25.6 Å². The molecular formula is C16H24NO6P. The highest BCUT2D eigenvalue weighted by Gasteiger charge is 2.21. The third kappa shape index (κ3) is 10.0. The molecule has 0 fully saturated rings. The standard InChI is InChI=1S/C16H24NO6P/c18-15(19)13-24(21,22)11-7-2-1-6-10-17-16(20)23-12-14-8-4-3-5-9-14/h3-5,8-9H,1-2,6-7,10-13H2,(H,17,20)(H,18,19)(H,21,22). The topological polar surface area (TPSA) is 113 Å². The van der Waals surface area contributed by atoms with Crippen LogP contribution in [0.1, 0.15) is 31.2 Å². The van der Waals surface area contributed by atoms with Gasteiger partial charge in [0.05, 0.1) is 0 Å². The van der Waals surface area contributed by atoms with E-state index in [1.807, 2.05) is 30.3 Å². The van der Waals surface area contributed by atoms with Crippen molar-refractivity contribution in [3.63, 3.8) is 0 Å². The number of carbonyl (C=O) groups excluding carboxylic acids is 1. The van der Waals surface area contributed by atoms with Crippen molar-refractivity contribution in [2.45, 2.75) is 32.3 Å². The van der Waals surface area contributed by atoms with Gasteiger partial charge in [-0.25, -0.2) is 4.79 Å². The first-order chi connectivity index (χ1) is 11.4. The number of carboxylic acid groups (broad SMARTS) is 1. The molecule has 0 aliphatic rings. The van der Waals surface area contributed by atoms with Gasteiger partial charge in [0.2, 0.25) is 7.37 Å². The summed E-state index contributed by atoms with van der Waals surface area (Å²) in [5.74, 6) is -1.25. The summed E-state index contributed by atoms with van der Waals surface area (Å²) in [4.78, 5) is 31.3. The Bertz CT molecular complexity index is 563. The van der Waals surface area contributed by atoms with Gasteiger partial charge in [0.1, 0.15) is 12.8 Å². The Kier molecular flexibility index (Phi) is 9.12. The van der Waals surface area contributed by atoms with Gasteiger partial charge in [-0.2, -0.15) is 0 Å². The zero-order valence-electron chi connectivity index (χ0n) is 13.5. The number of amides is 1. The molecule has 0 saturated heterocycles. The molecule has 0 aliphatic heterocycles. The fraction of sp³-hybridized carbons (Fsp3) is 0.500. The van der Waals surface area contributed by atoms with E-state index in [0.717, 1.165) is 18.4 Å². The molecule has 0 bridgehead atoms. The third-order valence-electron chi connectivity index (χ3n) is 3.30. The first kappa shape index (κ1) is 20.2. The number of hydrogen-bond donors (Lipinski definition) is 3. The molecule has 0 aliphatic carbocycles. The second kappa shape index (κ2) is 10.8. The molecule has 1 atom stereocenters. The van der Waals surface area contributed by atoms with Crippen LogP contribution in [-0.2, 0) is 20.7 Å². The van der Waals surface area contributed by atoms with Crippen LogP contribution in [0.25, 0.3) is 0 Å². The molecule has 1 amide bonds. The average molecular weight is 357 g/mol. The highest BCUT2D eigenvalue weighted by Crippen LogP contribution is 2.40. The number of alkyl carbamates (subject to hydrolysis) is 1. The molecule has 0 radical (unpaired) electrons. The molecule has 0 saturated carbocycles. The number of ether oxygens (including phenoxy) is 1. The lowest BCUT2D eigenvalue weighted by atomic mass is 10.2.